The van der Waals surface area contributed by atoms with E-state index in [1.807, 2.05) is 23.5 Å². The second kappa shape index (κ2) is 43.3. The van der Waals surface area contributed by atoms with Crippen molar-refractivity contribution in [2.45, 2.75) is 24.9 Å². The lowest BCUT2D eigenvalue weighted by atomic mass is 10.1. The highest BCUT2D eigenvalue weighted by Crippen LogP contribution is 2.37. The molecule has 0 amide bonds. The highest BCUT2D eigenvalue weighted by atomic mass is 79.9. The van der Waals surface area contributed by atoms with E-state index in [1.165, 1.54) is 45.0 Å². The summed E-state index contributed by atoms with van der Waals surface area (Å²) < 4.78 is 79.1. The molecule has 0 aliphatic carbocycles. The first kappa shape index (κ1) is 61.1. The van der Waals surface area contributed by atoms with Crippen molar-refractivity contribution in [3.63, 3.8) is 0 Å². The van der Waals surface area contributed by atoms with E-state index >= 15 is 0 Å². The average Bonchev–Trinajstić information content (AvgIpc) is 3.58. The number of hydrogen-bond donors (Lipinski definition) is 0. The van der Waals surface area contributed by atoms with Gasteiger partial charge in [-0.1, -0.05) is 44.0 Å². The van der Waals surface area contributed by atoms with Crippen molar-refractivity contribution in [1.82, 2.24) is 0 Å². The maximum Gasteiger partial charge on any atom is 0.119 e. The van der Waals surface area contributed by atoms with Gasteiger partial charge in [-0.25, -0.2) is 0 Å². The minimum atomic E-state index is -2.01. The number of rotatable bonds is 50. The van der Waals surface area contributed by atoms with E-state index < -0.39 is 8.07 Å². The van der Waals surface area contributed by atoms with E-state index in [1.54, 1.807) is 24.6 Å². The van der Waals surface area contributed by atoms with Gasteiger partial charge in [0.05, 0.1) is 172 Å². The summed E-state index contributed by atoms with van der Waals surface area (Å²) in [5.41, 5.74) is 2.85. The monoisotopic (exact) mass is 1130 g/mol. The van der Waals surface area contributed by atoms with Crippen molar-refractivity contribution >= 4 is 73.8 Å². The van der Waals surface area contributed by atoms with Crippen LogP contribution >= 0.6 is 55.4 Å². The summed E-state index contributed by atoms with van der Waals surface area (Å²) in [5.74, 6) is 4.22. The van der Waals surface area contributed by atoms with Crippen molar-refractivity contribution in [2.24, 2.45) is 0 Å². The molecule has 19 heteroatoms. The van der Waals surface area contributed by atoms with Gasteiger partial charge in [0.2, 0.25) is 0 Å². The molecular weight excluding hydrogens is 1050 g/mol. The van der Waals surface area contributed by atoms with Crippen LogP contribution in [0, 0.1) is 0 Å². The fourth-order valence-corrected chi connectivity index (χ4v) is 15.9. The van der Waals surface area contributed by atoms with Gasteiger partial charge < -0.3 is 66.3 Å². The van der Waals surface area contributed by atoms with E-state index in [0.29, 0.717) is 159 Å². The highest BCUT2D eigenvalue weighted by molar-refractivity contribution is 9.10. The molecule has 0 spiro atoms. The minimum Gasteiger partial charge on any atom is -0.382 e. The number of thioether (sulfide) groups is 2. The first-order valence-electron chi connectivity index (χ1n) is 23.8. The number of benzene rings is 2. The van der Waals surface area contributed by atoms with Crippen LogP contribution in [0.5, 0.6) is 0 Å². The third-order valence-electron chi connectivity index (χ3n) is 10.4. The quantitative estimate of drug-likeness (QED) is 0.0528. The van der Waals surface area contributed by atoms with Crippen molar-refractivity contribution < 1.29 is 66.3 Å². The van der Waals surface area contributed by atoms with Crippen LogP contribution in [0.3, 0.4) is 0 Å². The molecule has 0 N–H and O–H groups in total. The predicted octanol–water partition coefficient (Wildman–Crippen LogP) is 6.49. The maximum atomic E-state index is 5.87. The average molecular weight is 1130 g/mol. The third-order valence-corrected chi connectivity index (χ3v) is 18.8. The Bertz CT molecular complexity index is 1360. The van der Waals surface area contributed by atoms with Crippen LogP contribution in [-0.2, 0) is 66.3 Å². The lowest BCUT2D eigenvalue weighted by Crippen LogP contribution is -2.55. The van der Waals surface area contributed by atoms with Crippen molar-refractivity contribution in [3.8, 4) is 11.1 Å². The summed E-state index contributed by atoms with van der Waals surface area (Å²) in [4.78, 5) is 0. The topological polar surface area (TPSA) is 129 Å². The molecule has 0 atom stereocenters. The Balaban J connectivity index is 1.20. The second-order valence-corrected chi connectivity index (χ2v) is 23.8. The normalized spacial score (nSPS) is 12.9. The van der Waals surface area contributed by atoms with Crippen LogP contribution in [0.1, 0.15) is 12.8 Å². The zero-order valence-electron chi connectivity index (χ0n) is 40.3. The molecule has 1 aliphatic heterocycles. The standard InChI is InChI=1S/C48H80Br2O14S2Si/c1-51-9-11-53-13-15-55-17-19-57-21-23-59-25-27-61-29-31-63-33-37-65-35-3-39-67(47-41-43(49)5-7-45(47)46-8-6-44(50)42-48(46)67)40-4-36-66-38-34-64-32-30-62-28-26-60-24-22-58-20-18-56-16-14-54-12-10-52-2/h5-8,41-42H,3-4,9-40H2,1-2H3. The second-order valence-electron chi connectivity index (χ2n) is 15.2. The number of methoxy groups -OCH3 is 2. The van der Waals surface area contributed by atoms with Gasteiger partial charge >= 0.3 is 0 Å². The summed E-state index contributed by atoms with van der Waals surface area (Å²) in [5, 5.41) is 3.17. The first-order chi connectivity index (χ1) is 33.1. The van der Waals surface area contributed by atoms with Crippen LogP contribution in [0.4, 0.5) is 0 Å². The van der Waals surface area contributed by atoms with Gasteiger partial charge in [-0.2, -0.15) is 23.5 Å². The van der Waals surface area contributed by atoms with Crippen molar-refractivity contribution in [1.29, 1.82) is 0 Å². The SMILES string of the molecule is COCCOCCOCCOCCOCCOCCOCCSCCC[Si]1(CCCSCCOCCOCCOCCOCCOCCOCCOC)c2cc(Br)ccc2-c2ccc(Br)cc21. The van der Waals surface area contributed by atoms with Gasteiger partial charge in [0.1, 0.15) is 8.07 Å². The molecule has 14 nitrogen and oxygen atoms in total. The number of fused-ring (bicyclic) bond motifs is 3. The van der Waals surface area contributed by atoms with Gasteiger partial charge in [-0.3, -0.25) is 0 Å². The lowest BCUT2D eigenvalue weighted by molar-refractivity contribution is -0.0186. The fraction of sp³-hybridized carbons (Fsp3) is 0.750. The lowest BCUT2D eigenvalue weighted by Gasteiger charge is -2.30. The predicted molar refractivity (Wildman–Crippen MR) is 279 cm³/mol. The Morgan fingerprint density at radius 2 is 0.597 bits per heavy atom. The van der Waals surface area contributed by atoms with Crippen molar-refractivity contribution in [2.75, 3.05) is 209 Å². The van der Waals surface area contributed by atoms with Crippen LogP contribution < -0.4 is 10.4 Å². The van der Waals surface area contributed by atoms with Crippen LogP contribution in [-0.4, -0.2) is 217 Å². The minimum absolute atomic E-state index is 0.533. The Kier molecular flexibility index (Phi) is 39.5. The van der Waals surface area contributed by atoms with E-state index in [0.717, 1.165) is 36.2 Å². The molecule has 67 heavy (non-hydrogen) atoms. The molecule has 0 bridgehead atoms. The summed E-state index contributed by atoms with van der Waals surface area (Å²) in [6.45, 7) is 14.8. The van der Waals surface area contributed by atoms with Crippen LogP contribution in [0.15, 0.2) is 45.3 Å². The number of halogens is 2. The Morgan fingerprint density at radius 1 is 0.343 bits per heavy atom. The highest BCUT2D eigenvalue weighted by Gasteiger charge is 2.44. The van der Waals surface area contributed by atoms with Crippen molar-refractivity contribution in [3.05, 3.63) is 45.3 Å². The molecule has 0 radical (unpaired) electrons. The van der Waals surface area contributed by atoms with E-state index in [9.17, 15) is 0 Å². The maximum absolute atomic E-state index is 5.87. The Labute approximate surface area is 428 Å². The molecule has 0 unspecified atom stereocenters. The van der Waals surface area contributed by atoms with E-state index in [2.05, 4.69) is 68.3 Å². The van der Waals surface area contributed by atoms with Gasteiger partial charge in [0.15, 0.2) is 0 Å². The first-order valence-corrected chi connectivity index (χ1v) is 30.1. The Morgan fingerprint density at radius 3 is 0.866 bits per heavy atom. The summed E-state index contributed by atoms with van der Waals surface area (Å²) >= 11 is 11.6. The van der Waals surface area contributed by atoms with Gasteiger partial charge in [0, 0.05) is 34.7 Å². The smallest absolute Gasteiger partial charge is 0.119 e. The molecule has 0 aromatic heterocycles. The molecule has 0 fully saturated rings. The molecule has 1 heterocycles. The molecule has 2 aromatic carbocycles. The fourth-order valence-electron chi connectivity index (χ4n) is 7.18. The molecular formula is C48H80Br2O14S2Si. The van der Waals surface area contributed by atoms with Gasteiger partial charge in [0.25, 0.3) is 0 Å². The van der Waals surface area contributed by atoms with Crippen LogP contribution in [0.25, 0.3) is 11.1 Å². The third kappa shape index (κ3) is 29.2. The largest absolute Gasteiger partial charge is 0.382 e. The molecule has 2 aromatic rings. The molecule has 386 valence electrons. The zero-order chi connectivity index (χ0) is 47.6. The summed E-state index contributed by atoms with van der Waals surface area (Å²) in [7, 11) is 1.30. The molecule has 3 rings (SSSR count). The number of hydrogen-bond acceptors (Lipinski definition) is 16. The summed E-state index contributed by atoms with van der Waals surface area (Å²) in [6, 6.07) is 16.4. The van der Waals surface area contributed by atoms with Crippen LogP contribution in [0.2, 0.25) is 12.1 Å². The molecule has 0 saturated heterocycles. The molecule has 1 aliphatic rings. The summed E-state index contributed by atoms with van der Waals surface area (Å²) in [6.07, 6.45) is 2.38. The van der Waals surface area contributed by atoms with E-state index in [-0.39, 0.29) is 0 Å². The Hall–Kier alpha value is -0.243. The molecule has 0 saturated carbocycles. The zero-order valence-corrected chi connectivity index (χ0v) is 46.1. The van der Waals surface area contributed by atoms with Gasteiger partial charge in [-0.15, -0.1) is 0 Å². The van der Waals surface area contributed by atoms with Gasteiger partial charge in [-0.05, 0) is 82.2 Å². The van der Waals surface area contributed by atoms with E-state index in [4.69, 9.17) is 66.3 Å². The number of ether oxygens (including phenoxy) is 14.